The molecule has 0 aliphatic carbocycles. The van der Waals surface area contributed by atoms with Crippen LogP contribution >= 0.6 is 0 Å². The Balaban J connectivity index is 1.81. The SMILES string of the molecule is Cn1ccnc1CCC(NN)c1cnn2ccccc12. The van der Waals surface area contributed by atoms with Crippen molar-refractivity contribution in [3.63, 3.8) is 0 Å². The number of pyridine rings is 1. The average molecular weight is 270 g/mol. The maximum absolute atomic E-state index is 5.72. The highest BCUT2D eigenvalue weighted by Crippen LogP contribution is 2.22. The molecule has 104 valence electrons. The first-order valence-electron chi connectivity index (χ1n) is 6.64. The molecule has 0 bridgehead atoms. The summed E-state index contributed by atoms with van der Waals surface area (Å²) in [6, 6.07) is 6.08. The van der Waals surface area contributed by atoms with Crippen LogP contribution in [0.2, 0.25) is 0 Å². The van der Waals surface area contributed by atoms with Crippen LogP contribution in [0.5, 0.6) is 0 Å². The van der Waals surface area contributed by atoms with Gasteiger partial charge in [0.1, 0.15) is 5.82 Å². The number of imidazole rings is 1. The third-order valence-electron chi connectivity index (χ3n) is 3.61. The van der Waals surface area contributed by atoms with Crippen molar-refractivity contribution in [2.45, 2.75) is 18.9 Å². The minimum Gasteiger partial charge on any atom is -0.338 e. The van der Waals surface area contributed by atoms with Gasteiger partial charge in [-0.25, -0.2) is 9.50 Å². The van der Waals surface area contributed by atoms with Gasteiger partial charge in [-0.15, -0.1) is 0 Å². The van der Waals surface area contributed by atoms with E-state index in [-0.39, 0.29) is 6.04 Å². The molecule has 1 unspecified atom stereocenters. The predicted molar refractivity (Wildman–Crippen MR) is 76.8 cm³/mol. The Bertz CT molecular complexity index is 698. The second-order valence-electron chi connectivity index (χ2n) is 4.84. The van der Waals surface area contributed by atoms with E-state index < -0.39 is 0 Å². The van der Waals surface area contributed by atoms with E-state index in [2.05, 4.69) is 15.5 Å². The van der Waals surface area contributed by atoms with Crippen LogP contribution < -0.4 is 11.3 Å². The van der Waals surface area contributed by atoms with Crippen molar-refractivity contribution in [1.29, 1.82) is 0 Å². The van der Waals surface area contributed by atoms with Crippen molar-refractivity contribution in [3.05, 3.63) is 54.4 Å². The van der Waals surface area contributed by atoms with Crippen LogP contribution in [-0.2, 0) is 13.5 Å². The van der Waals surface area contributed by atoms with Gasteiger partial charge in [0.05, 0.1) is 17.8 Å². The molecule has 0 saturated carbocycles. The first-order chi connectivity index (χ1) is 9.79. The molecule has 0 radical (unpaired) electrons. The Morgan fingerprint density at radius 2 is 2.25 bits per heavy atom. The zero-order valence-corrected chi connectivity index (χ0v) is 11.4. The van der Waals surface area contributed by atoms with Crippen LogP contribution in [-0.4, -0.2) is 19.2 Å². The van der Waals surface area contributed by atoms with Gasteiger partial charge in [-0.1, -0.05) is 6.07 Å². The molecule has 0 aromatic carbocycles. The molecule has 3 aromatic rings. The number of aryl methyl sites for hydroxylation is 2. The predicted octanol–water partition coefficient (Wildman–Crippen LogP) is 1.20. The summed E-state index contributed by atoms with van der Waals surface area (Å²) < 4.78 is 3.89. The van der Waals surface area contributed by atoms with Gasteiger partial charge in [0.25, 0.3) is 0 Å². The zero-order chi connectivity index (χ0) is 13.9. The lowest BCUT2D eigenvalue weighted by molar-refractivity contribution is 0.509. The number of hydrazine groups is 1. The summed E-state index contributed by atoms with van der Waals surface area (Å²) in [5, 5.41) is 4.35. The van der Waals surface area contributed by atoms with Gasteiger partial charge in [0.15, 0.2) is 0 Å². The molecule has 3 heterocycles. The van der Waals surface area contributed by atoms with E-state index in [1.165, 1.54) is 0 Å². The van der Waals surface area contributed by atoms with Crippen molar-refractivity contribution in [3.8, 4) is 0 Å². The summed E-state index contributed by atoms with van der Waals surface area (Å²) in [6.45, 7) is 0. The summed E-state index contributed by atoms with van der Waals surface area (Å²) >= 11 is 0. The van der Waals surface area contributed by atoms with Gasteiger partial charge in [0.2, 0.25) is 0 Å². The quantitative estimate of drug-likeness (QED) is 0.540. The van der Waals surface area contributed by atoms with Crippen molar-refractivity contribution < 1.29 is 0 Å². The van der Waals surface area contributed by atoms with Gasteiger partial charge in [-0.2, -0.15) is 5.10 Å². The molecule has 0 saturated heterocycles. The largest absolute Gasteiger partial charge is 0.338 e. The van der Waals surface area contributed by atoms with Gasteiger partial charge in [-0.3, -0.25) is 11.3 Å². The van der Waals surface area contributed by atoms with Gasteiger partial charge in [0, 0.05) is 37.6 Å². The van der Waals surface area contributed by atoms with E-state index in [1.54, 1.807) is 0 Å². The topological polar surface area (TPSA) is 73.2 Å². The number of rotatable bonds is 5. The molecular formula is C14H18N6. The maximum atomic E-state index is 5.72. The van der Waals surface area contributed by atoms with Crippen molar-refractivity contribution >= 4 is 5.52 Å². The first-order valence-corrected chi connectivity index (χ1v) is 6.64. The Labute approximate surface area is 117 Å². The zero-order valence-electron chi connectivity index (χ0n) is 11.4. The fourth-order valence-electron chi connectivity index (χ4n) is 2.46. The average Bonchev–Trinajstić information content (AvgIpc) is 3.07. The van der Waals surface area contributed by atoms with E-state index >= 15 is 0 Å². The van der Waals surface area contributed by atoms with Crippen LogP contribution in [0.1, 0.15) is 23.9 Å². The second kappa shape index (κ2) is 5.44. The highest BCUT2D eigenvalue weighted by atomic mass is 15.3. The van der Waals surface area contributed by atoms with Gasteiger partial charge < -0.3 is 4.57 Å². The van der Waals surface area contributed by atoms with Crippen molar-refractivity contribution in [1.82, 2.24) is 24.6 Å². The van der Waals surface area contributed by atoms with Crippen molar-refractivity contribution in [2.24, 2.45) is 12.9 Å². The summed E-state index contributed by atoms with van der Waals surface area (Å²) in [5.41, 5.74) is 5.08. The fourth-order valence-corrected chi connectivity index (χ4v) is 2.46. The Kier molecular flexibility index (Phi) is 3.49. The smallest absolute Gasteiger partial charge is 0.108 e. The lowest BCUT2D eigenvalue weighted by atomic mass is 10.0. The minimum absolute atomic E-state index is 0.0617. The Hall–Kier alpha value is -2.18. The molecule has 20 heavy (non-hydrogen) atoms. The van der Waals surface area contributed by atoms with E-state index in [0.717, 1.165) is 29.7 Å². The molecule has 0 aliphatic heterocycles. The molecule has 3 aromatic heterocycles. The van der Waals surface area contributed by atoms with Gasteiger partial charge in [-0.05, 0) is 18.6 Å². The number of nitrogens with one attached hydrogen (secondary N) is 1. The summed E-state index contributed by atoms with van der Waals surface area (Å²) in [7, 11) is 2.00. The van der Waals surface area contributed by atoms with Crippen molar-refractivity contribution in [2.75, 3.05) is 0 Å². The number of hydrogen-bond acceptors (Lipinski definition) is 4. The Morgan fingerprint density at radius 3 is 3.00 bits per heavy atom. The van der Waals surface area contributed by atoms with Gasteiger partial charge >= 0.3 is 0 Å². The van der Waals surface area contributed by atoms with E-state index in [0.29, 0.717) is 0 Å². The van der Waals surface area contributed by atoms with Crippen LogP contribution in [0.15, 0.2) is 43.0 Å². The van der Waals surface area contributed by atoms with E-state index in [4.69, 9.17) is 5.84 Å². The summed E-state index contributed by atoms with van der Waals surface area (Å²) in [6.07, 6.45) is 9.31. The third kappa shape index (κ3) is 2.31. The molecule has 0 amide bonds. The highest BCUT2D eigenvalue weighted by Gasteiger charge is 2.15. The molecule has 6 heteroatoms. The van der Waals surface area contributed by atoms with E-state index in [1.807, 2.05) is 59.1 Å². The first kappa shape index (κ1) is 12.8. The summed E-state index contributed by atoms with van der Waals surface area (Å²) in [5.74, 6) is 6.78. The third-order valence-corrected chi connectivity index (χ3v) is 3.61. The minimum atomic E-state index is 0.0617. The molecule has 0 aliphatic rings. The lowest BCUT2D eigenvalue weighted by Crippen LogP contribution is -2.28. The summed E-state index contributed by atoms with van der Waals surface area (Å²) in [4.78, 5) is 4.34. The molecule has 0 spiro atoms. The number of nitrogens with two attached hydrogens (primary N) is 1. The monoisotopic (exact) mass is 270 g/mol. The fraction of sp³-hybridized carbons (Fsp3) is 0.286. The van der Waals surface area contributed by atoms with Crippen LogP contribution in [0, 0.1) is 0 Å². The standard InChI is InChI=1S/C14H18N6/c1-19-9-7-16-14(19)6-5-12(18-15)11-10-17-20-8-3-2-4-13(11)20/h2-4,7-10,12,18H,5-6,15H2,1H3. The van der Waals surface area contributed by atoms with Crippen LogP contribution in [0.3, 0.4) is 0 Å². The Morgan fingerprint density at radius 1 is 1.35 bits per heavy atom. The molecule has 3 rings (SSSR count). The number of hydrogen-bond donors (Lipinski definition) is 2. The second-order valence-corrected chi connectivity index (χ2v) is 4.84. The van der Waals surface area contributed by atoms with Crippen LogP contribution in [0.4, 0.5) is 0 Å². The number of fused-ring (bicyclic) bond motifs is 1. The normalized spacial score (nSPS) is 12.9. The highest BCUT2D eigenvalue weighted by molar-refractivity contribution is 5.54. The molecule has 0 fully saturated rings. The number of nitrogens with zero attached hydrogens (tertiary/aromatic N) is 4. The van der Waals surface area contributed by atoms with Crippen LogP contribution in [0.25, 0.3) is 5.52 Å². The number of aromatic nitrogens is 4. The van der Waals surface area contributed by atoms with E-state index in [9.17, 15) is 0 Å². The lowest BCUT2D eigenvalue weighted by Gasteiger charge is -2.14. The molecule has 6 nitrogen and oxygen atoms in total. The molecular weight excluding hydrogens is 252 g/mol. The maximum Gasteiger partial charge on any atom is 0.108 e. The molecule has 3 N–H and O–H groups in total. The molecule has 1 atom stereocenters.